The molecule has 1 aromatic carbocycles. The van der Waals surface area contributed by atoms with E-state index in [2.05, 4.69) is 4.90 Å². The number of ether oxygens (including phenoxy) is 1. The van der Waals surface area contributed by atoms with Gasteiger partial charge in [0.25, 0.3) is 0 Å². The van der Waals surface area contributed by atoms with Crippen LogP contribution in [-0.4, -0.2) is 36.6 Å². The fraction of sp³-hybridized carbons (Fsp3) is 0.500. The number of nitrogens with zero attached hydrogens (tertiary/aromatic N) is 1. The Kier molecular flexibility index (Phi) is 4.95. The molecule has 0 spiro atoms. The van der Waals surface area contributed by atoms with E-state index in [-0.39, 0.29) is 6.10 Å². The molecule has 2 rings (SSSR count). The van der Waals surface area contributed by atoms with Gasteiger partial charge in [-0.3, -0.25) is 4.90 Å². The summed E-state index contributed by atoms with van der Waals surface area (Å²) in [6, 6.07) is 5.58. The molecule has 1 fully saturated rings. The van der Waals surface area contributed by atoms with Crippen molar-refractivity contribution >= 4 is 34.8 Å². The molecule has 1 unspecified atom stereocenters. The molecule has 1 aliphatic rings. The van der Waals surface area contributed by atoms with E-state index >= 15 is 0 Å². The molecule has 0 aliphatic carbocycles. The minimum Gasteiger partial charge on any atom is -0.374 e. The van der Waals surface area contributed by atoms with Gasteiger partial charge in [0.05, 0.1) is 12.7 Å². The van der Waals surface area contributed by atoms with Gasteiger partial charge in [0.1, 0.15) is 0 Å². The second-order valence-electron chi connectivity index (χ2n) is 4.08. The molecule has 0 radical (unpaired) electrons. The number of morpholine rings is 1. The van der Waals surface area contributed by atoms with Crippen molar-refractivity contribution in [2.75, 3.05) is 25.6 Å². The molecule has 94 valence electrons. The van der Waals surface area contributed by atoms with Gasteiger partial charge in [0, 0.05) is 41.1 Å². The molecule has 0 saturated carbocycles. The Bertz CT molecular complexity index is 366. The van der Waals surface area contributed by atoms with Gasteiger partial charge in [-0.25, -0.2) is 0 Å². The highest BCUT2D eigenvalue weighted by atomic mass is 35.5. The zero-order valence-electron chi connectivity index (χ0n) is 9.33. The van der Waals surface area contributed by atoms with Gasteiger partial charge in [-0.15, -0.1) is 11.6 Å². The summed E-state index contributed by atoms with van der Waals surface area (Å²) in [5.74, 6) is 0.521. The zero-order chi connectivity index (χ0) is 12.3. The molecular weight excluding hydrogens is 280 g/mol. The van der Waals surface area contributed by atoms with Crippen LogP contribution in [0.2, 0.25) is 10.0 Å². The Labute approximate surface area is 116 Å². The van der Waals surface area contributed by atoms with E-state index < -0.39 is 0 Å². The van der Waals surface area contributed by atoms with Crippen molar-refractivity contribution in [2.24, 2.45) is 0 Å². The van der Waals surface area contributed by atoms with Crippen molar-refractivity contribution in [2.45, 2.75) is 12.6 Å². The van der Waals surface area contributed by atoms with Crippen LogP contribution in [0.25, 0.3) is 0 Å². The molecule has 0 aromatic heterocycles. The average Bonchev–Trinajstić information content (AvgIpc) is 2.34. The molecule has 1 atom stereocenters. The van der Waals surface area contributed by atoms with Crippen molar-refractivity contribution in [3.05, 3.63) is 33.8 Å². The van der Waals surface area contributed by atoms with Gasteiger partial charge < -0.3 is 4.74 Å². The molecule has 2 nitrogen and oxygen atoms in total. The van der Waals surface area contributed by atoms with Crippen LogP contribution in [-0.2, 0) is 11.3 Å². The van der Waals surface area contributed by atoms with Crippen molar-refractivity contribution in [3.8, 4) is 0 Å². The Balaban J connectivity index is 2.05. The largest absolute Gasteiger partial charge is 0.374 e. The first-order valence-electron chi connectivity index (χ1n) is 5.53. The van der Waals surface area contributed by atoms with E-state index in [1.807, 2.05) is 18.2 Å². The molecule has 5 heteroatoms. The van der Waals surface area contributed by atoms with Crippen molar-refractivity contribution in [3.63, 3.8) is 0 Å². The lowest BCUT2D eigenvalue weighted by Crippen LogP contribution is -2.42. The van der Waals surface area contributed by atoms with Crippen LogP contribution < -0.4 is 0 Å². The number of hydrogen-bond donors (Lipinski definition) is 0. The highest BCUT2D eigenvalue weighted by molar-refractivity contribution is 6.35. The third-order valence-electron chi connectivity index (χ3n) is 2.84. The maximum Gasteiger partial charge on any atom is 0.0837 e. The second-order valence-corrected chi connectivity index (χ2v) is 5.21. The average molecular weight is 295 g/mol. The summed E-state index contributed by atoms with van der Waals surface area (Å²) < 4.78 is 5.52. The highest BCUT2D eigenvalue weighted by Crippen LogP contribution is 2.26. The van der Waals surface area contributed by atoms with E-state index in [1.54, 1.807) is 0 Å². The summed E-state index contributed by atoms with van der Waals surface area (Å²) >= 11 is 18.1. The maximum absolute atomic E-state index is 6.15. The minimum absolute atomic E-state index is 0.103. The summed E-state index contributed by atoms with van der Waals surface area (Å²) in [5, 5.41) is 1.43. The Hall–Kier alpha value is 0.01000. The SMILES string of the molecule is ClCC1CN(Cc2c(Cl)cccc2Cl)CCO1. The quantitative estimate of drug-likeness (QED) is 0.792. The van der Waals surface area contributed by atoms with E-state index in [9.17, 15) is 0 Å². The lowest BCUT2D eigenvalue weighted by Gasteiger charge is -2.32. The topological polar surface area (TPSA) is 12.5 Å². The van der Waals surface area contributed by atoms with E-state index in [0.29, 0.717) is 22.5 Å². The van der Waals surface area contributed by atoms with E-state index in [4.69, 9.17) is 39.5 Å². The van der Waals surface area contributed by atoms with Crippen LogP contribution >= 0.6 is 34.8 Å². The molecule has 1 aromatic rings. The van der Waals surface area contributed by atoms with Gasteiger partial charge in [-0.1, -0.05) is 29.3 Å². The van der Waals surface area contributed by atoms with E-state index in [0.717, 1.165) is 25.2 Å². The number of alkyl halides is 1. The summed E-state index contributed by atoms with van der Waals surface area (Å²) in [6.45, 7) is 3.16. The molecule has 0 N–H and O–H groups in total. The molecule has 0 bridgehead atoms. The van der Waals surface area contributed by atoms with Crippen molar-refractivity contribution in [1.29, 1.82) is 0 Å². The molecule has 1 saturated heterocycles. The van der Waals surface area contributed by atoms with Crippen molar-refractivity contribution in [1.82, 2.24) is 4.90 Å². The lowest BCUT2D eigenvalue weighted by atomic mass is 10.2. The van der Waals surface area contributed by atoms with Gasteiger partial charge in [-0.2, -0.15) is 0 Å². The van der Waals surface area contributed by atoms with Crippen LogP contribution in [0, 0.1) is 0 Å². The lowest BCUT2D eigenvalue weighted by molar-refractivity contribution is -0.0193. The smallest absolute Gasteiger partial charge is 0.0837 e. The summed E-state index contributed by atoms with van der Waals surface area (Å²) in [6.07, 6.45) is 0.103. The predicted octanol–water partition coefficient (Wildman–Crippen LogP) is 3.43. The molecule has 17 heavy (non-hydrogen) atoms. The summed E-state index contributed by atoms with van der Waals surface area (Å²) in [4.78, 5) is 2.27. The fourth-order valence-electron chi connectivity index (χ4n) is 1.92. The van der Waals surface area contributed by atoms with Crippen LogP contribution in [0.5, 0.6) is 0 Å². The number of hydrogen-bond acceptors (Lipinski definition) is 2. The molecule has 1 aliphatic heterocycles. The normalized spacial score (nSPS) is 21.7. The first kappa shape index (κ1) is 13.4. The maximum atomic E-state index is 6.15. The summed E-state index contributed by atoms with van der Waals surface area (Å²) in [5.41, 5.74) is 0.978. The number of rotatable bonds is 3. The van der Waals surface area contributed by atoms with Gasteiger partial charge in [0.2, 0.25) is 0 Å². The zero-order valence-corrected chi connectivity index (χ0v) is 11.6. The highest BCUT2D eigenvalue weighted by Gasteiger charge is 2.21. The standard InChI is InChI=1S/C12H14Cl3NO/c13-6-9-7-16(4-5-17-9)8-10-11(14)2-1-3-12(10)15/h1-3,9H,4-8H2. The van der Waals surface area contributed by atoms with Crippen LogP contribution in [0.4, 0.5) is 0 Å². The third-order valence-corrected chi connectivity index (χ3v) is 3.89. The Morgan fingerprint density at radius 3 is 2.65 bits per heavy atom. The minimum atomic E-state index is 0.103. The van der Waals surface area contributed by atoms with Gasteiger partial charge in [-0.05, 0) is 12.1 Å². The first-order valence-corrected chi connectivity index (χ1v) is 6.82. The van der Waals surface area contributed by atoms with Crippen LogP contribution in [0.1, 0.15) is 5.56 Å². The Morgan fingerprint density at radius 2 is 2.00 bits per heavy atom. The Morgan fingerprint density at radius 1 is 1.29 bits per heavy atom. The molecule has 1 heterocycles. The van der Waals surface area contributed by atoms with E-state index in [1.165, 1.54) is 0 Å². The first-order chi connectivity index (χ1) is 8.20. The number of halogens is 3. The van der Waals surface area contributed by atoms with Crippen molar-refractivity contribution < 1.29 is 4.74 Å². The monoisotopic (exact) mass is 293 g/mol. The number of benzene rings is 1. The van der Waals surface area contributed by atoms with Gasteiger partial charge >= 0.3 is 0 Å². The van der Waals surface area contributed by atoms with Gasteiger partial charge in [0.15, 0.2) is 0 Å². The second kappa shape index (κ2) is 6.26. The van der Waals surface area contributed by atoms with Crippen LogP contribution in [0.3, 0.4) is 0 Å². The molecular formula is C12H14Cl3NO. The predicted molar refractivity (Wildman–Crippen MR) is 72.2 cm³/mol. The molecule has 0 amide bonds. The third kappa shape index (κ3) is 3.49. The van der Waals surface area contributed by atoms with Crippen LogP contribution in [0.15, 0.2) is 18.2 Å². The fourth-order valence-corrected chi connectivity index (χ4v) is 2.63. The summed E-state index contributed by atoms with van der Waals surface area (Å²) in [7, 11) is 0.